The molecule has 0 radical (unpaired) electrons. The van der Waals surface area contributed by atoms with Crippen LogP contribution < -0.4 is 4.90 Å². The minimum atomic E-state index is 0.200. The Kier molecular flexibility index (Phi) is 15.3. The van der Waals surface area contributed by atoms with E-state index in [1.807, 2.05) is 56.0 Å². The normalized spacial score (nSPS) is 11.8. The van der Waals surface area contributed by atoms with Gasteiger partial charge >= 0.3 is 0 Å². The molecule has 101 heavy (non-hydrogen) atoms. The molecular formula is C92H63N9. The van der Waals surface area contributed by atoms with Gasteiger partial charge in [-0.1, -0.05) is 158 Å². The van der Waals surface area contributed by atoms with Crippen LogP contribution in [0.3, 0.4) is 0 Å². The summed E-state index contributed by atoms with van der Waals surface area (Å²) in [6.07, 6.45) is 14.7. The molecule has 476 valence electrons. The van der Waals surface area contributed by atoms with Crippen LogP contribution in [0.25, 0.3) is 133 Å². The zero-order chi connectivity index (χ0) is 67.2. The van der Waals surface area contributed by atoms with Gasteiger partial charge in [0, 0.05) is 139 Å². The van der Waals surface area contributed by atoms with Gasteiger partial charge in [0.15, 0.2) is 0 Å². The molecule has 1 aliphatic carbocycles. The lowest BCUT2D eigenvalue weighted by Gasteiger charge is -2.27. The zero-order valence-electron chi connectivity index (χ0n) is 55.2. The lowest BCUT2D eigenvalue weighted by Crippen LogP contribution is -2.11. The molecule has 1 aliphatic rings. The number of benzene rings is 11. The van der Waals surface area contributed by atoms with E-state index in [1.165, 1.54) is 71.4 Å². The van der Waals surface area contributed by atoms with Crippen LogP contribution >= 0.6 is 0 Å². The fourth-order valence-electron chi connectivity index (χ4n) is 14.9. The van der Waals surface area contributed by atoms with Crippen molar-refractivity contribution >= 4 is 60.7 Å². The maximum absolute atomic E-state index is 4.90. The average molecular weight is 1290 g/mol. The Hall–Kier alpha value is -13.5. The molecule has 0 bridgehead atoms. The van der Waals surface area contributed by atoms with Crippen molar-refractivity contribution in [3.8, 4) is 89.5 Å². The first kappa shape index (κ1) is 60.0. The maximum Gasteiger partial charge on any atom is 0.126 e. The third-order valence-electron chi connectivity index (χ3n) is 19.5. The van der Waals surface area contributed by atoms with E-state index >= 15 is 0 Å². The zero-order valence-corrected chi connectivity index (χ0v) is 55.2. The molecule has 9 heteroatoms. The second kappa shape index (κ2) is 25.8. The number of pyridine rings is 4. The van der Waals surface area contributed by atoms with Gasteiger partial charge in [-0.3, -0.25) is 19.9 Å². The number of fused-ring (bicyclic) bond motifs is 9. The topological polar surface area (TPSA) is 90.4 Å². The van der Waals surface area contributed by atoms with Gasteiger partial charge in [0.1, 0.15) is 5.82 Å². The number of aryl methyl sites for hydroxylation is 1. The molecule has 0 N–H and O–H groups in total. The van der Waals surface area contributed by atoms with E-state index in [1.54, 1.807) is 24.8 Å². The van der Waals surface area contributed by atoms with Crippen molar-refractivity contribution in [2.75, 3.05) is 4.90 Å². The van der Waals surface area contributed by atoms with E-state index in [9.17, 15) is 0 Å². The Bertz CT molecular complexity index is 5500. The van der Waals surface area contributed by atoms with Crippen LogP contribution in [0.1, 0.15) is 28.4 Å². The van der Waals surface area contributed by atoms with E-state index in [0.717, 1.165) is 95.5 Å². The van der Waals surface area contributed by atoms with Crippen LogP contribution in [0, 0.1) is 6.92 Å². The van der Waals surface area contributed by atoms with E-state index in [4.69, 9.17) is 9.97 Å². The van der Waals surface area contributed by atoms with Crippen LogP contribution in [0.5, 0.6) is 0 Å². The molecule has 0 spiro atoms. The number of nitrogens with zero attached hydrogens (tertiary/aromatic N) is 9. The Morgan fingerprint density at radius 2 is 0.584 bits per heavy atom. The van der Waals surface area contributed by atoms with E-state index < -0.39 is 0 Å². The van der Waals surface area contributed by atoms with Gasteiger partial charge in [-0.15, -0.1) is 0 Å². The number of hydrogen-bond acceptors (Lipinski definition) is 7. The lowest BCUT2D eigenvalue weighted by molar-refractivity contribution is 1.01. The average Bonchev–Trinajstić information content (AvgIpc) is 1.66. The highest BCUT2D eigenvalue weighted by Gasteiger charge is 2.30. The van der Waals surface area contributed by atoms with Gasteiger partial charge in [-0.2, -0.15) is 0 Å². The monoisotopic (exact) mass is 1290 g/mol. The lowest BCUT2D eigenvalue weighted by atomic mass is 9.89. The molecule has 0 unspecified atom stereocenters. The fourth-order valence-corrected chi connectivity index (χ4v) is 14.9. The number of anilines is 3. The van der Waals surface area contributed by atoms with Crippen molar-refractivity contribution in [3.63, 3.8) is 0 Å². The molecule has 0 saturated carbocycles. The molecule has 19 rings (SSSR count). The summed E-state index contributed by atoms with van der Waals surface area (Å²) in [5.74, 6) is 0.891. The van der Waals surface area contributed by atoms with Crippen LogP contribution in [0.15, 0.2) is 359 Å². The molecule has 0 fully saturated rings. The first-order chi connectivity index (χ1) is 50.0. The highest BCUT2D eigenvalue weighted by atomic mass is 15.1. The van der Waals surface area contributed by atoms with E-state index in [-0.39, 0.29) is 5.92 Å². The SMILES string of the molecule is Cc1nc(-c2cc(-c3cccnc3)cc(-c3cccnc3)c2)cc(-c2cc(-c3cccnc3)cc(-c3cccnc3)c2)n1.c1ccc2c(c1)-c1ccccc1C2c1ccc(N(c2ccc(-n3c4ccccc4c4ccccc43)cc2)c2ccc(-n3c4ccccc4c4ccccc43)cc2)cc1. The second-order valence-corrected chi connectivity index (χ2v) is 25.6. The van der Waals surface area contributed by atoms with Gasteiger partial charge in [0.2, 0.25) is 0 Å². The number of aromatic nitrogens is 8. The van der Waals surface area contributed by atoms with Crippen LogP contribution in [-0.2, 0) is 0 Å². The van der Waals surface area contributed by atoms with Gasteiger partial charge in [0.25, 0.3) is 0 Å². The molecule has 18 aromatic rings. The highest BCUT2D eigenvalue weighted by Crippen LogP contribution is 2.49. The van der Waals surface area contributed by atoms with Crippen molar-refractivity contribution in [2.45, 2.75) is 12.8 Å². The number of para-hydroxylation sites is 4. The van der Waals surface area contributed by atoms with Crippen LogP contribution in [0.2, 0.25) is 0 Å². The Balaban J connectivity index is 0.000000152. The summed E-state index contributed by atoms with van der Waals surface area (Å²) < 4.78 is 4.76. The van der Waals surface area contributed by atoms with Gasteiger partial charge in [-0.05, 0) is 209 Å². The third kappa shape index (κ3) is 11.2. The number of hydrogen-bond donors (Lipinski definition) is 0. The molecular weight excluding hydrogens is 1230 g/mol. The molecule has 0 atom stereocenters. The highest BCUT2D eigenvalue weighted by molar-refractivity contribution is 6.10. The Morgan fingerprint density at radius 3 is 0.921 bits per heavy atom. The minimum Gasteiger partial charge on any atom is -0.311 e. The summed E-state index contributed by atoms with van der Waals surface area (Å²) in [4.78, 5) is 29.6. The second-order valence-electron chi connectivity index (χ2n) is 25.6. The van der Waals surface area contributed by atoms with Gasteiger partial charge in [-0.25, -0.2) is 9.97 Å². The molecule has 0 amide bonds. The summed E-state index contributed by atoms with van der Waals surface area (Å²) in [6.45, 7) is 1.94. The summed E-state index contributed by atoms with van der Waals surface area (Å²) in [6, 6.07) is 111. The quantitative estimate of drug-likeness (QED) is 0.120. The van der Waals surface area contributed by atoms with Gasteiger partial charge in [0.05, 0.1) is 33.5 Å². The van der Waals surface area contributed by atoms with Crippen molar-refractivity contribution in [3.05, 3.63) is 381 Å². The smallest absolute Gasteiger partial charge is 0.126 e. The van der Waals surface area contributed by atoms with Crippen molar-refractivity contribution in [1.29, 1.82) is 0 Å². The summed E-state index contributed by atoms with van der Waals surface area (Å²) in [5, 5.41) is 5.05. The molecule has 11 aromatic carbocycles. The molecule has 9 nitrogen and oxygen atoms in total. The minimum absolute atomic E-state index is 0.200. The third-order valence-corrected chi connectivity index (χ3v) is 19.5. The Labute approximate surface area is 585 Å². The molecule has 0 aliphatic heterocycles. The van der Waals surface area contributed by atoms with E-state index in [2.05, 4.69) is 319 Å². The van der Waals surface area contributed by atoms with Crippen molar-refractivity contribution < 1.29 is 0 Å². The number of rotatable bonds is 12. The largest absolute Gasteiger partial charge is 0.311 e. The standard InChI is InChI=1S/C55H37N3.C37H26N6/c1-3-19-49-43(13-1)44-14-2-4-20-50(44)55(49)37-25-27-38(28-26-37)56(39-29-33-41(34-30-39)57-51-21-9-5-15-45(51)46-16-6-10-22-52(46)57)40-31-35-42(36-32-40)58-53-23-11-7-17-47(53)48-18-8-12-24-54(48)58;1-25-42-36(34-16-30(26-6-2-10-38-21-26)14-31(17-34)27-7-3-11-39-22-27)20-37(43-25)35-18-32(28-8-4-12-40-23-28)15-33(19-35)29-9-5-13-41-24-29/h1-36,55H;2-24H,1H3. The van der Waals surface area contributed by atoms with Crippen LogP contribution in [0.4, 0.5) is 17.1 Å². The maximum atomic E-state index is 4.90. The van der Waals surface area contributed by atoms with Crippen LogP contribution in [-0.4, -0.2) is 39.0 Å². The van der Waals surface area contributed by atoms with Crippen molar-refractivity contribution in [1.82, 2.24) is 39.0 Å². The molecule has 7 aromatic heterocycles. The predicted octanol–water partition coefficient (Wildman–Crippen LogP) is 22.9. The van der Waals surface area contributed by atoms with E-state index in [0.29, 0.717) is 5.82 Å². The first-order valence-electron chi connectivity index (χ1n) is 34.0. The molecule has 0 saturated heterocycles. The first-order valence-corrected chi connectivity index (χ1v) is 34.0. The summed E-state index contributed by atoms with van der Waals surface area (Å²) in [7, 11) is 0. The van der Waals surface area contributed by atoms with Crippen molar-refractivity contribution in [2.24, 2.45) is 0 Å². The predicted molar refractivity (Wildman–Crippen MR) is 413 cm³/mol. The molecule has 7 heterocycles. The summed E-state index contributed by atoms with van der Waals surface area (Å²) >= 11 is 0. The van der Waals surface area contributed by atoms with Gasteiger partial charge < -0.3 is 14.0 Å². The Morgan fingerprint density at radius 1 is 0.277 bits per heavy atom. The summed E-state index contributed by atoms with van der Waals surface area (Å²) in [5.41, 5.74) is 29.1. The fraction of sp³-hybridized carbons (Fsp3) is 0.0217.